The summed E-state index contributed by atoms with van der Waals surface area (Å²) >= 11 is 0. The van der Waals surface area contributed by atoms with E-state index in [0.29, 0.717) is 23.0 Å². The lowest BCUT2D eigenvalue weighted by molar-refractivity contribution is -0.123. The van der Waals surface area contributed by atoms with Gasteiger partial charge in [0.05, 0.1) is 34.4 Å². The van der Waals surface area contributed by atoms with Gasteiger partial charge in [-0.1, -0.05) is 13.0 Å². The molecule has 7 nitrogen and oxygen atoms in total. The molecule has 2 atom stereocenters. The van der Waals surface area contributed by atoms with Crippen LogP contribution in [0.3, 0.4) is 0 Å². The Kier molecular flexibility index (Phi) is 8.22. The Morgan fingerprint density at radius 2 is 1.58 bits per heavy atom. The van der Waals surface area contributed by atoms with Crippen LogP contribution in [-0.4, -0.2) is 58.9 Å². The van der Waals surface area contributed by atoms with Crippen LogP contribution in [0.2, 0.25) is 0 Å². The summed E-state index contributed by atoms with van der Waals surface area (Å²) in [5.74, 6) is 2.31. The van der Waals surface area contributed by atoms with E-state index in [4.69, 9.17) is 18.9 Å². The average Bonchev–Trinajstić information content (AvgIpc) is 3.00. The fourth-order valence-electron chi connectivity index (χ4n) is 4.46. The van der Waals surface area contributed by atoms with Gasteiger partial charge in [-0.05, 0) is 66.9 Å². The maximum atomic E-state index is 13.2. The molecule has 7 heteroatoms. The van der Waals surface area contributed by atoms with Crippen LogP contribution in [0.1, 0.15) is 36.0 Å². The largest absolute Gasteiger partial charge is 0.493 e. The molecule has 2 aromatic carbocycles. The number of hydrogen-bond donors (Lipinski definition) is 1. The number of likely N-dealkylation sites (N-methyl/N-ethyl adjacent to an activating group) is 1. The predicted molar refractivity (Wildman–Crippen MR) is 129 cm³/mol. The lowest BCUT2D eigenvalue weighted by Crippen LogP contribution is -2.43. The van der Waals surface area contributed by atoms with E-state index in [1.165, 1.54) is 0 Å². The fraction of sp³-hybridized carbons (Fsp3) is 0.423. The summed E-state index contributed by atoms with van der Waals surface area (Å²) in [5.41, 5.74) is 3.03. The zero-order valence-electron chi connectivity index (χ0n) is 20.3. The van der Waals surface area contributed by atoms with Gasteiger partial charge in [0.15, 0.2) is 23.0 Å². The molecule has 0 aliphatic carbocycles. The Labute approximate surface area is 196 Å². The van der Waals surface area contributed by atoms with E-state index in [-0.39, 0.29) is 17.9 Å². The van der Waals surface area contributed by atoms with Gasteiger partial charge in [0.2, 0.25) is 5.91 Å². The van der Waals surface area contributed by atoms with Gasteiger partial charge in [-0.2, -0.15) is 0 Å². The van der Waals surface area contributed by atoms with Crippen LogP contribution >= 0.6 is 0 Å². The second-order valence-electron chi connectivity index (χ2n) is 8.05. The molecule has 3 rings (SSSR count). The maximum Gasteiger partial charge on any atom is 0.233 e. The molecule has 0 saturated carbocycles. The molecule has 0 radical (unpaired) electrons. The van der Waals surface area contributed by atoms with Gasteiger partial charge < -0.3 is 29.2 Å². The Balaban J connectivity index is 1.87. The normalized spacial score (nSPS) is 16.0. The molecule has 33 heavy (non-hydrogen) atoms. The number of rotatable bonds is 10. The lowest BCUT2D eigenvalue weighted by atomic mass is 9.85. The summed E-state index contributed by atoms with van der Waals surface area (Å²) in [5, 5.41) is 2.93. The van der Waals surface area contributed by atoms with Crippen molar-refractivity contribution in [3.63, 3.8) is 0 Å². The van der Waals surface area contributed by atoms with E-state index in [1.54, 1.807) is 34.6 Å². The van der Waals surface area contributed by atoms with Crippen LogP contribution in [0, 0.1) is 0 Å². The van der Waals surface area contributed by atoms with Crippen LogP contribution in [0.25, 0.3) is 6.08 Å². The zero-order chi connectivity index (χ0) is 24.0. The molecule has 0 bridgehead atoms. The Bertz CT molecular complexity index is 1000. The molecule has 178 valence electrons. The van der Waals surface area contributed by atoms with Crippen molar-refractivity contribution in [3.05, 3.63) is 53.2 Å². The number of carbonyl (C=O) groups is 1. The predicted octanol–water partition coefficient (Wildman–Crippen LogP) is 3.86. The van der Waals surface area contributed by atoms with E-state index in [0.717, 1.165) is 36.1 Å². The third-order valence-electron chi connectivity index (χ3n) is 6.27. The van der Waals surface area contributed by atoms with Crippen molar-refractivity contribution in [2.24, 2.45) is 0 Å². The van der Waals surface area contributed by atoms with Crippen molar-refractivity contribution in [2.75, 3.05) is 42.0 Å². The van der Waals surface area contributed by atoms with Gasteiger partial charge >= 0.3 is 0 Å². The monoisotopic (exact) mass is 454 g/mol. The number of nitrogens with zero attached hydrogens (tertiary/aromatic N) is 1. The van der Waals surface area contributed by atoms with Crippen LogP contribution in [0.5, 0.6) is 23.0 Å². The third kappa shape index (κ3) is 5.25. The van der Waals surface area contributed by atoms with Crippen molar-refractivity contribution in [3.8, 4) is 23.0 Å². The molecule has 1 N–H and O–H groups in total. The fourth-order valence-corrected chi connectivity index (χ4v) is 4.46. The Morgan fingerprint density at radius 3 is 2.21 bits per heavy atom. The summed E-state index contributed by atoms with van der Waals surface area (Å²) in [6, 6.07) is 9.83. The van der Waals surface area contributed by atoms with E-state index in [2.05, 4.69) is 24.2 Å². The third-order valence-corrected chi connectivity index (χ3v) is 6.27. The topological polar surface area (TPSA) is 69.3 Å². The summed E-state index contributed by atoms with van der Waals surface area (Å²) in [4.78, 5) is 15.4. The number of benzene rings is 2. The molecular weight excluding hydrogens is 420 g/mol. The number of hydrogen-bond acceptors (Lipinski definition) is 6. The SMILES string of the molecule is CCC(C1C(=O)NC=Cc2cc(OC)c(OC)cc21)N(C)CCc1ccc(OC)c(OC)c1. The van der Waals surface area contributed by atoms with E-state index in [9.17, 15) is 4.79 Å². The molecule has 0 fully saturated rings. The van der Waals surface area contributed by atoms with E-state index >= 15 is 0 Å². The average molecular weight is 455 g/mol. The molecular formula is C26H34N2O5. The molecule has 1 aliphatic heterocycles. The highest BCUT2D eigenvalue weighted by Gasteiger charge is 2.34. The van der Waals surface area contributed by atoms with Crippen LogP contribution in [0.4, 0.5) is 0 Å². The smallest absolute Gasteiger partial charge is 0.233 e. The molecule has 2 unspecified atom stereocenters. The van der Waals surface area contributed by atoms with Crippen LogP contribution in [0.15, 0.2) is 36.5 Å². The summed E-state index contributed by atoms with van der Waals surface area (Å²) < 4.78 is 21.8. The van der Waals surface area contributed by atoms with Gasteiger partial charge in [0.1, 0.15) is 0 Å². The molecule has 0 aromatic heterocycles. The minimum absolute atomic E-state index is 0.00175. The van der Waals surface area contributed by atoms with Crippen molar-refractivity contribution in [2.45, 2.75) is 31.7 Å². The van der Waals surface area contributed by atoms with Crippen LogP contribution < -0.4 is 24.3 Å². The number of amides is 1. The first-order chi connectivity index (χ1) is 16.0. The highest BCUT2D eigenvalue weighted by molar-refractivity contribution is 5.89. The van der Waals surface area contributed by atoms with Crippen LogP contribution in [-0.2, 0) is 11.2 Å². The number of methoxy groups -OCH3 is 4. The minimum Gasteiger partial charge on any atom is -0.493 e. The first kappa shape index (κ1) is 24.5. The molecule has 2 aromatic rings. The first-order valence-corrected chi connectivity index (χ1v) is 11.1. The molecule has 1 aliphatic rings. The quantitative estimate of drug-likeness (QED) is 0.588. The molecule has 1 heterocycles. The minimum atomic E-state index is -0.352. The number of ether oxygens (including phenoxy) is 4. The van der Waals surface area contributed by atoms with Crippen molar-refractivity contribution < 1.29 is 23.7 Å². The van der Waals surface area contributed by atoms with E-state index in [1.807, 2.05) is 36.4 Å². The molecule has 0 saturated heterocycles. The summed E-state index contributed by atoms with van der Waals surface area (Å²) in [6.45, 7) is 2.90. The number of carbonyl (C=O) groups excluding carboxylic acids is 1. The van der Waals surface area contributed by atoms with Gasteiger partial charge in [-0.3, -0.25) is 4.79 Å². The maximum absolute atomic E-state index is 13.2. The second-order valence-corrected chi connectivity index (χ2v) is 8.05. The lowest BCUT2D eigenvalue weighted by Gasteiger charge is -2.34. The highest BCUT2D eigenvalue weighted by Crippen LogP contribution is 2.38. The summed E-state index contributed by atoms with van der Waals surface area (Å²) in [7, 11) is 8.56. The first-order valence-electron chi connectivity index (χ1n) is 11.1. The second kappa shape index (κ2) is 11.1. The van der Waals surface area contributed by atoms with Crippen molar-refractivity contribution >= 4 is 12.0 Å². The highest BCUT2D eigenvalue weighted by atomic mass is 16.5. The summed E-state index contributed by atoms with van der Waals surface area (Å²) in [6.07, 6.45) is 5.24. The Morgan fingerprint density at radius 1 is 0.939 bits per heavy atom. The van der Waals surface area contributed by atoms with E-state index < -0.39 is 0 Å². The van der Waals surface area contributed by atoms with Gasteiger partial charge in [-0.25, -0.2) is 0 Å². The number of fused-ring (bicyclic) bond motifs is 1. The molecule has 0 spiro atoms. The number of nitrogens with one attached hydrogen (secondary N) is 1. The standard InChI is InChI=1S/C26H34N2O5/c1-7-20(28(2)13-11-17-8-9-21(30-3)22(14-17)31-4)25-19-16-24(33-6)23(32-5)15-18(19)10-12-27-26(25)29/h8-10,12,14-16,20,25H,7,11,13H2,1-6H3,(H,27,29). The van der Waals surface area contributed by atoms with Gasteiger partial charge in [-0.15, -0.1) is 0 Å². The van der Waals surface area contributed by atoms with Crippen molar-refractivity contribution in [1.29, 1.82) is 0 Å². The van der Waals surface area contributed by atoms with Crippen molar-refractivity contribution in [1.82, 2.24) is 10.2 Å². The van der Waals surface area contributed by atoms with Gasteiger partial charge in [0, 0.05) is 18.8 Å². The Hall–Kier alpha value is -3.19. The molecule has 1 amide bonds. The zero-order valence-corrected chi connectivity index (χ0v) is 20.3. The van der Waals surface area contributed by atoms with Gasteiger partial charge in [0.25, 0.3) is 0 Å².